The highest BCUT2D eigenvalue weighted by molar-refractivity contribution is 5.92. The summed E-state index contributed by atoms with van der Waals surface area (Å²) in [5, 5.41) is 19.9. The summed E-state index contributed by atoms with van der Waals surface area (Å²) >= 11 is 0. The lowest BCUT2D eigenvalue weighted by Crippen LogP contribution is -2.31. The van der Waals surface area contributed by atoms with Crippen LogP contribution in [0, 0.1) is 5.92 Å². The summed E-state index contributed by atoms with van der Waals surface area (Å²) in [6, 6.07) is 16.4. The van der Waals surface area contributed by atoms with Crippen LogP contribution in [0.25, 0.3) is 11.4 Å². The van der Waals surface area contributed by atoms with E-state index in [4.69, 9.17) is 0 Å². The summed E-state index contributed by atoms with van der Waals surface area (Å²) in [4.78, 5) is 18.6. The Labute approximate surface area is 173 Å². The molecule has 1 atom stereocenters. The molecule has 3 heterocycles. The van der Waals surface area contributed by atoms with Gasteiger partial charge in [0, 0.05) is 24.0 Å². The molecule has 1 unspecified atom stereocenters. The van der Waals surface area contributed by atoms with E-state index in [0.29, 0.717) is 18.2 Å². The Balaban J connectivity index is 1.48. The Morgan fingerprint density at radius 2 is 1.83 bits per heavy atom. The first-order valence-electron chi connectivity index (χ1n) is 9.69. The number of hydrogen-bond acceptors (Lipinski definition) is 6. The Bertz CT molecular complexity index is 1100. The summed E-state index contributed by atoms with van der Waals surface area (Å²) in [5.74, 6) is 0.655. The molecular weight excluding hydrogens is 380 g/mol. The van der Waals surface area contributed by atoms with Crippen molar-refractivity contribution in [3.8, 4) is 11.4 Å². The quantitative estimate of drug-likeness (QED) is 0.510. The molecule has 4 rings (SSSR count). The molecule has 9 nitrogen and oxygen atoms in total. The Morgan fingerprint density at radius 3 is 2.57 bits per heavy atom. The van der Waals surface area contributed by atoms with Gasteiger partial charge in [0.05, 0.1) is 12.2 Å². The summed E-state index contributed by atoms with van der Waals surface area (Å²) in [7, 11) is 0. The SMILES string of the molecule is CC(C)C(C(=O)Nc1ccn(Cc2ccccn2)n1)n1nnc(-c2ccccc2)n1. The second-order valence-electron chi connectivity index (χ2n) is 7.20. The van der Waals surface area contributed by atoms with Gasteiger partial charge in [0.2, 0.25) is 5.82 Å². The van der Waals surface area contributed by atoms with Crippen LogP contribution >= 0.6 is 0 Å². The molecule has 1 amide bonds. The maximum Gasteiger partial charge on any atom is 0.252 e. The Kier molecular flexibility index (Phi) is 5.60. The predicted molar refractivity (Wildman–Crippen MR) is 111 cm³/mol. The van der Waals surface area contributed by atoms with E-state index in [1.54, 1.807) is 23.1 Å². The van der Waals surface area contributed by atoms with Gasteiger partial charge in [0.15, 0.2) is 11.9 Å². The van der Waals surface area contributed by atoms with Crippen LogP contribution in [0.2, 0.25) is 0 Å². The maximum atomic E-state index is 13.0. The second kappa shape index (κ2) is 8.64. The molecule has 0 saturated heterocycles. The third-order valence-electron chi connectivity index (χ3n) is 4.55. The highest BCUT2D eigenvalue weighted by Gasteiger charge is 2.27. The number of carbonyl (C=O) groups excluding carboxylic acids is 1. The fraction of sp³-hybridized carbons (Fsp3) is 0.238. The average molecular weight is 402 g/mol. The van der Waals surface area contributed by atoms with E-state index in [-0.39, 0.29) is 11.8 Å². The van der Waals surface area contributed by atoms with Gasteiger partial charge in [-0.15, -0.1) is 10.2 Å². The summed E-state index contributed by atoms with van der Waals surface area (Å²) < 4.78 is 1.73. The average Bonchev–Trinajstić information content (AvgIpc) is 3.39. The third kappa shape index (κ3) is 4.40. The van der Waals surface area contributed by atoms with Crippen molar-refractivity contribution in [3.05, 3.63) is 72.7 Å². The van der Waals surface area contributed by atoms with Gasteiger partial charge < -0.3 is 5.32 Å². The van der Waals surface area contributed by atoms with Crippen molar-refractivity contribution < 1.29 is 4.79 Å². The molecule has 152 valence electrons. The van der Waals surface area contributed by atoms with Crippen LogP contribution < -0.4 is 5.32 Å². The van der Waals surface area contributed by atoms with E-state index in [1.165, 1.54) is 4.80 Å². The smallest absolute Gasteiger partial charge is 0.252 e. The highest BCUT2D eigenvalue weighted by atomic mass is 16.2. The molecule has 4 aromatic rings. The number of rotatable bonds is 7. The molecule has 3 aromatic heterocycles. The van der Waals surface area contributed by atoms with Gasteiger partial charge in [-0.1, -0.05) is 50.2 Å². The summed E-state index contributed by atoms with van der Waals surface area (Å²) in [6.45, 7) is 4.40. The van der Waals surface area contributed by atoms with E-state index in [9.17, 15) is 4.79 Å². The molecule has 0 aliphatic rings. The number of carbonyl (C=O) groups is 1. The van der Waals surface area contributed by atoms with Crippen LogP contribution in [0.3, 0.4) is 0 Å². The van der Waals surface area contributed by atoms with Gasteiger partial charge in [0.25, 0.3) is 5.91 Å². The molecule has 0 aliphatic carbocycles. The van der Waals surface area contributed by atoms with Gasteiger partial charge in [-0.3, -0.25) is 14.5 Å². The van der Waals surface area contributed by atoms with Gasteiger partial charge in [-0.25, -0.2) is 0 Å². The number of amides is 1. The zero-order valence-corrected chi connectivity index (χ0v) is 16.8. The minimum atomic E-state index is -0.615. The normalized spacial score (nSPS) is 12.1. The molecule has 1 aromatic carbocycles. The molecule has 1 N–H and O–H groups in total. The molecule has 0 fully saturated rings. The molecule has 30 heavy (non-hydrogen) atoms. The first-order chi connectivity index (χ1) is 14.6. The largest absolute Gasteiger partial charge is 0.307 e. The lowest BCUT2D eigenvalue weighted by Gasteiger charge is -2.17. The molecule has 9 heteroatoms. The number of hydrogen-bond donors (Lipinski definition) is 1. The Morgan fingerprint density at radius 1 is 1.03 bits per heavy atom. The fourth-order valence-corrected chi connectivity index (χ4v) is 3.09. The number of tetrazole rings is 1. The van der Waals surface area contributed by atoms with Gasteiger partial charge in [0.1, 0.15) is 0 Å². The van der Waals surface area contributed by atoms with Crippen molar-refractivity contribution in [3.63, 3.8) is 0 Å². The lowest BCUT2D eigenvalue weighted by atomic mass is 10.0. The first-order valence-corrected chi connectivity index (χ1v) is 9.69. The van der Waals surface area contributed by atoms with E-state index >= 15 is 0 Å². The zero-order chi connectivity index (χ0) is 20.9. The van der Waals surface area contributed by atoms with E-state index in [2.05, 4.69) is 30.8 Å². The monoisotopic (exact) mass is 402 g/mol. The van der Waals surface area contributed by atoms with E-state index < -0.39 is 6.04 Å². The van der Waals surface area contributed by atoms with Crippen molar-refractivity contribution in [2.45, 2.75) is 26.4 Å². The van der Waals surface area contributed by atoms with Crippen molar-refractivity contribution in [1.82, 2.24) is 35.0 Å². The first kappa shape index (κ1) is 19.4. The van der Waals surface area contributed by atoms with Crippen molar-refractivity contribution in [2.75, 3.05) is 5.32 Å². The number of nitrogens with one attached hydrogen (secondary N) is 1. The predicted octanol–water partition coefficient (Wildman–Crippen LogP) is 2.82. The van der Waals surface area contributed by atoms with E-state index in [0.717, 1.165) is 11.3 Å². The number of aromatic nitrogens is 7. The van der Waals surface area contributed by atoms with Crippen LogP contribution in [0.5, 0.6) is 0 Å². The van der Waals surface area contributed by atoms with Gasteiger partial charge in [-0.2, -0.15) is 9.90 Å². The minimum Gasteiger partial charge on any atom is -0.307 e. The Hall–Kier alpha value is -3.88. The minimum absolute atomic E-state index is 0.0431. The van der Waals surface area contributed by atoms with Gasteiger partial charge in [-0.05, 0) is 23.3 Å². The molecule has 0 spiro atoms. The molecular formula is C21H22N8O. The van der Waals surface area contributed by atoms with Crippen LogP contribution in [0.1, 0.15) is 25.6 Å². The number of anilines is 1. The standard InChI is InChI=1S/C21H22N8O/c1-15(2)19(29-26-20(24-27-29)16-8-4-3-5-9-16)21(30)23-18-11-13-28(25-18)14-17-10-6-7-12-22-17/h3-13,15,19H,14H2,1-2H3,(H,23,25,30). The topological polar surface area (TPSA) is 103 Å². The van der Waals surface area contributed by atoms with Crippen LogP contribution in [-0.2, 0) is 11.3 Å². The fourth-order valence-electron chi connectivity index (χ4n) is 3.09. The van der Waals surface area contributed by atoms with Crippen LogP contribution in [0.15, 0.2) is 67.0 Å². The number of pyridine rings is 1. The highest BCUT2D eigenvalue weighted by Crippen LogP contribution is 2.20. The molecule has 0 saturated carbocycles. The summed E-state index contributed by atoms with van der Waals surface area (Å²) in [6.07, 6.45) is 3.54. The summed E-state index contributed by atoms with van der Waals surface area (Å²) in [5.41, 5.74) is 1.73. The van der Waals surface area contributed by atoms with E-state index in [1.807, 2.05) is 62.4 Å². The number of nitrogens with zero attached hydrogens (tertiary/aromatic N) is 7. The molecule has 0 bridgehead atoms. The van der Waals surface area contributed by atoms with Crippen molar-refractivity contribution >= 4 is 11.7 Å². The lowest BCUT2D eigenvalue weighted by molar-refractivity contribution is -0.121. The molecule has 0 aliphatic heterocycles. The zero-order valence-electron chi connectivity index (χ0n) is 16.8. The number of benzene rings is 1. The van der Waals surface area contributed by atoms with Crippen molar-refractivity contribution in [2.24, 2.45) is 5.92 Å². The van der Waals surface area contributed by atoms with Gasteiger partial charge >= 0.3 is 0 Å². The van der Waals surface area contributed by atoms with Crippen molar-refractivity contribution in [1.29, 1.82) is 0 Å². The van der Waals surface area contributed by atoms with Crippen LogP contribution in [0.4, 0.5) is 5.82 Å². The van der Waals surface area contributed by atoms with Crippen LogP contribution in [-0.4, -0.2) is 40.9 Å². The third-order valence-corrected chi connectivity index (χ3v) is 4.55. The second-order valence-corrected chi connectivity index (χ2v) is 7.20. The maximum absolute atomic E-state index is 13.0. The molecule has 0 radical (unpaired) electrons.